The number of hydrogen-bond acceptors (Lipinski definition) is 5. The molecule has 0 radical (unpaired) electrons. The molecule has 23 heavy (non-hydrogen) atoms. The molecule has 0 spiro atoms. The molecule has 2 aromatic heterocycles. The zero-order valence-electron chi connectivity index (χ0n) is 14.1. The minimum absolute atomic E-state index is 0.206. The molecule has 0 aliphatic heterocycles. The first-order valence-corrected chi connectivity index (χ1v) is 7.88. The zero-order chi connectivity index (χ0) is 17.0. The lowest BCUT2D eigenvalue weighted by Crippen LogP contribution is -2.40. The summed E-state index contributed by atoms with van der Waals surface area (Å²) in [6, 6.07) is 0. The van der Waals surface area contributed by atoms with Gasteiger partial charge < -0.3 is 9.47 Å². The highest BCUT2D eigenvalue weighted by Crippen LogP contribution is 2.25. The summed E-state index contributed by atoms with van der Waals surface area (Å²) in [6.45, 7) is 7.19. The smallest absolute Gasteiger partial charge is 0.332 e. The maximum absolute atomic E-state index is 12.8. The quantitative estimate of drug-likeness (QED) is 0.714. The fraction of sp³-hybridized carbons (Fsp3) is 0.562. The van der Waals surface area contributed by atoms with Gasteiger partial charge in [0.1, 0.15) is 11.1 Å². The lowest BCUT2D eigenvalue weighted by atomic mass is 10.1. The van der Waals surface area contributed by atoms with Crippen LogP contribution in [0, 0.1) is 0 Å². The van der Waals surface area contributed by atoms with Crippen molar-refractivity contribution in [1.82, 2.24) is 14.1 Å². The molecule has 2 rings (SSSR count). The molecule has 2 aromatic rings. The topological polar surface area (TPSA) is 75.3 Å². The molecule has 0 unspecified atom stereocenters. The predicted molar refractivity (Wildman–Crippen MR) is 88.3 cm³/mol. The van der Waals surface area contributed by atoms with Crippen molar-refractivity contribution in [2.45, 2.75) is 33.7 Å². The summed E-state index contributed by atoms with van der Waals surface area (Å²) in [4.78, 5) is 29.5. The van der Waals surface area contributed by atoms with E-state index in [4.69, 9.17) is 9.47 Å². The Labute approximate surface area is 134 Å². The Kier molecular flexibility index (Phi) is 5.54. The van der Waals surface area contributed by atoms with Crippen LogP contribution in [-0.4, -0.2) is 33.9 Å². The van der Waals surface area contributed by atoms with E-state index in [0.29, 0.717) is 43.0 Å². The molecule has 0 N–H and O–H groups in total. The lowest BCUT2D eigenvalue weighted by molar-refractivity contribution is 0.137. The number of fused-ring (bicyclic) bond motifs is 1. The molecule has 0 aromatic carbocycles. The first kappa shape index (κ1) is 17.2. The van der Waals surface area contributed by atoms with Crippen molar-refractivity contribution in [2.24, 2.45) is 7.05 Å². The van der Waals surface area contributed by atoms with Gasteiger partial charge in [-0.2, -0.15) is 0 Å². The van der Waals surface area contributed by atoms with Crippen LogP contribution >= 0.6 is 0 Å². The van der Waals surface area contributed by atoms with Gasteiger partial charge in [-0.3, -0.25) is 13.9 Å². The molecule has 0 atom stereocenters. The number of rotatable bonds is 7. The Hall–Kier alpha value is -2.15. The van der Waals surface area contributed by atoms with Gasteiger partial charge in [0.25, 0.3) is 5.56 Å². The second-order valence-corrected chi connectivity index (χ2v) is 5.09. The SMILES string of the molecule is CCOCCn1c(=O)c2c(OCC)c(CC)cnc2n(C)c1=O. The van der Waals surface area contributed by atoms with Gasteiger partial charge in [0.2, 0.25) is 0 Å². The van der Waals surface area contributed by atoms with Crippen LogP contribution in [0.15, 0.2) is 15.8 Å². The van der Waals surface area contributed by atoms with Gasteiger partial charge in [0.15, 0.2) is 5.65 Å². The van der Waals surface area contributed by atoms with Crippen LogP contribution in [0.1, 0.15) is 26.3 Å². The highest BCUT2D eigenvalue weighted by atomic mass is 16.5. The highest BCUT2D eigenvalue weighted by Gasteiger charge is 2.18. The van der Waals surface area contributed by atoms with Crippen molar-refractivity contribution in [1.29, 1.82) is 0 Å². The summed E-state index contributed by atoms with van der Waals surface area (Å²) in [5.74, 6) is 0.519. The molecule has 0 aliphatic rings. The van der Waals surface area contributed by atoms with Crippen LogP contribution < -0.4 is 16.0 Å². The largest absolute Gasteiger partial charge is 0.493 e. The van der Waals surface area contributed by atoms with Gasteiger partial charge in [-0.25, -0.2) is 9.78 Å². The Balaban J connectivity index is 2.77. The summed E-state index contributed by atoms with van der Waals surface area (Å²) in [5.41, 5.74) is 0.412. The monoisotopic (exact) mass is 321 g/mol. The summed E-state index contributed by atoms with van der Waals surface area (Å²) in [5, 5.41) is 0.352. The summed E-state index contributed by atoms with van der Waals surface area (Å²) in [6.07, 6.45) is 2.36. The van der Waals surface area contributed by atoms with Crippen molar-refractivity contribution in [2.75, 3.05) is 19.8 Å². The molecule has 0 saturated carbocycles. The Morgan fingerprint density at radius 3 is 2.52 bits per heavy atom. The van der Waals surface area contributed by atoms with Gasteiger partial charge in [-0.15, -0.1) is 0 Å². The third-order valence-corrected chi connectivity index (χ3v) is 3.71. The molecule has 0 aliphatic carbocycles. The molecular weight excluding hydrogens is 298 g/mol. The molecular formula is C16H23N3O4. The van der Waals surface area contributed by atoms with Crippen LogP contribution in [0.4, 0.5) is 0 Å². The Morgan fingerprint density at radius 2 is 1.91 bits per heavy atom. The van der Waals surface area contributed by atoms with Crippen LogP contribution in [0.3, 0.4) is 0 Å². The maximum Gasteiger partial charge on any atom is 0.332 e. The molecule has 126 valence electrons. The fourth-order valence-corrected chi connectivity index (χ4v) is 2.52. The van der Waals surface area contributed by atoms with Crippen LogP contribution in [0.2, 0.25) is 0 Å². The van der Waals surface area contributed by atoms with Crippen LogP contribution in [0.5, 0.6) is 5.75 Å². The molecule has 0 saturated heterocycles. The average molecular weight is 321 g/mol. The first-order valence-electron chi connectivity index (χ1n) is 7.88. The van der Waals surface area contributed by atoms with E-state index in [1.165, 1.54) is 9.13 Å². The predicted octanol–water partition coefficient (Wildman–Crippen LogP) is 1.09. The average Bonchev–Trinajstić information content (AvgIpc) is 2.56. The minimum Gasteiger partial charge on any atom is -0.493 e. The summed E-state index contributed by atoms with van der Waals surface area (Å²) >= 11 is 0. The second kappa shape index (κ2) is 7.41. The van der Waals surface area contributed by atoms with Crippen molar-refractivity contribution < 1.29 is 9.47 Å². The van der Waals surface area contributed by atoms with E-state index in [9.17, 15) is 9.59 Å². The lowest BCUT2D eigenvalue weighted by Gasteiger charge is -2.15. The molecule has 7 heteroatoms. The third-order valence-electron chi connectivity index (χ3n) is 3.71. The van der Waals surface area contributed by atoms with E-state index >= 15 is 0 Å². The van der Waals surface area contributed by atoms with Gasteiger partial charge in [0, 0.05) is 25.4 Å². The maximum atomic E-state index is 12.8. The van der Waals surface area contributed by atoms with E-state index in [1.807, 2.05) is 20.8 Å². The second-order valence-electron chi connectivity index (χ2n) is 5.09. The minimum atomic E-state index is -0.401. The standard InChI is InChI=1S/C16H23N3O4/c1-5-11-10-17-14-12(13(11)23-7-3)15(20)19(8-9-22-6-2)16(21)18(14)4/h10H,5-9H2,1-4H3. The number of nitrogens with zero attached hydrogens (tertiary/aromatic N) is 3. The van der Waals surface area contributed by atoms with Gasteiger partial charge in [-0.05, 0) is 20.3 Å². The van der Waals surface area contributed by atoms with E-state index in [1.54, 1.807) is 13.2 Å². The molecule has 0 bridgehead atoms. The molecule has 2 heterocycles. The Morgan fingerprint density at radius 1 is 1.17 bits per heavy atom. The van der Waals surface area contributed by atoms with E-state index in [-0.39, 0.29) is 12.1 Å². The number of pyridine rings is 1. The first-order chi connectivity index (χ1) is 11.1. The number of hydrogen-bond donors (Lipinski definition) is 0. The molecule has 0 fully saturated rings. The van der Waals surface area contributed by atoms with E-state index in [2.05, 4.69) is 4.98 Å². The van der Waals surface area contributed by atoms with Crippen LogP contribution in [0.25, 0.3) is 11.0 Å². The number of ether oxygens (including phenoxy) is 2. The third kappa shape index (κ3) is 3.14. The van der Waals surface area contributed by atoms with Crippen molar-refractivity contribution in [3.8, 4) is 5.75 Å². The number of aromatic nitrogens is 3. The van der Waals surface area contributed by atoms with Crippen molar-refractivity contribution >= 4 is 11.0 Å². The normalized spacial score (nSPS) is 11.1. The Bertz CT molecular complexity index is 808. The van der Waals surface area contributed by atoms with Gasteiger partial charge in [-0.1, -0.05) is 6.92 Å². The van der Waals surface area contributed by atoms with Gasteiger partial charge >= 0.3 is 5.69 Å². The van der Waals surface area contributed by atoms with E-state index in [0.717, 1.165) is 5.56 Å². The fourth-order valence-electron chi connectivity index (χ4n) is 2.52. The van der Waals surface area contributed by atoms with Crippen molar-refractivity contribution in [3.05, 3.63) is 32.6 Å². The molecule has 0 amide bonds. The zero-order valence-corrected chi connectivity index (χ0v) is 14.1. The molecule has 7 nitrogen and oxygen atoms in total. The highest BCUT2D eigenvalue weighted by molar-refractivity contribution is 5.82. The number of aryl methyl sites for hydroxylation is 2. The van der Waals surface area contributed by atoms with Crippen LogP contribution in [-0.2, 0) is 24.8 Å². The van der Waals surface area contributed by atoms with Gasteiger partial charge in [0.05, 0.1) is 19.8 Å². The van der Waals surface area contributed by atoms with E-state index < -0.39 is 5.69 Å². The van der Waals surface area contributed by atoms with Crippen molar-refractivity contribution in [3.63, 3.8) is 0 Å². The summed E-state index contributed by atoms with van der Waals surface area (Å²) < 4.78 is 13.5. The summed E-state index contributed by atoms with van der Waals surface area (Å²) in [7, 11) is 1.61.